The van der Waals surface area contributed by atoms with Crippen molar-refractivity contribution in [3.05, 3.63) is 33.9 Å². The maximum atomic E-state index is 11.2. The first kappa shape index (κ1) is 14.8. The third kappa shape index (κ3) is 3.28. The highest BCUT2D eigenvalue weighted by molar-refractivity contribution is 5.66. The van der Waals surface area contributed by atoms with E-state index in [4.69, 9.17) is 0 Å². The van der Waals surface area contributed by atoms with Crippen LogP contribution in [0.25, 0.3) is 0 Å². The Morgan fingerprint density at radius 2 is 2.30 bits per heavy atom. The zero-order chi connectivity index (χ0) is 14.5. The lowest BCUT2D eigenvalue weighted by Gasteiger charge is -2.22. The number of nitro benzene ring substituents is 1. The van der Waals surface area contributed by atoms with Gasteiger partial charge in [-0.15, -0.1) is 0 Å². The number of rotatable bonds is 6. The van der Waals surface area contributed by atoms with Gasteiger partial charge in [-0.25, -0.2) is 0 Å². The van der Waals surface area contributed by atoms with E-state index in [9.17, 15) is 10.1 Å². The van der Waals surface area contributed by atoms with Gasteiger partial charge < -0.3 is 5.32 Å². The minimum Gasteiger partial charge on any atom is -0.379 e. The molecule has 1 aromatic rings. The van der Waals surface area contributed by atoms with Crippen LogP contribution in [0.4, 0.5) is 11.4 Å². The number of anilines is 1. The van der Waals surface area contributed by atoms with Crippen LogP contribution in [-0.4, -0.2) is 29.0 Å². The average Bonchev–Trinajstić information content (AvgIpc) is 2.82. The van der Waals surface area contributed by atoms with Crippen LogP contribution in [0.15, 0.2) is 18.2 Å². The van der Waals surface area contributed by atoms with Crippen molar-refractivity contribution in [2.24, 2.45) is 0 Å². The fraction of sp³-hybridized carbons (Fsp3) is 0.600. The lowest BCUT2D eigenvalue weighted by atomic mass is 10.1. The highest BCUT2D eigenvalue weighted by Crippen LogP contribution is 2.31. The van der Waals surface area contributed by atoms with E-state index in [0.717, 1.165) is 31.6 Å². The molecule has 0 saturated carbocycles. The molecule has 1 aromatic carbocycles. The molecule has 1 atom stereocenters. The molecule has 1 unspecified atom stereocenters. The van der Waals surface area contributed by atoms with Crippen molar-refractivity contribution in [3.8, 4) is 0 Å². The van der Waals surface area contributed by atoms with Gasteiger partial charge in [0.1, 0.15) is 5.69 Å². The highest BCUT2D eigenvalue weighted by Gasteiger charge is 2.23. The molecule has 1 aliphatic heterocycles. The molecule has 1 N–H and O–H groups in total. The van der Waals surface area contributed by atoms with Crippen LogP contribution >= 0.6 is 0 Å². The van der Waals surface area contributed by atoms with Crippen molar-refractivity contribution in [1.82, 2.24) is 4.90 Å². The van der Waals surface area contributed by atoms with Gasteiger partial charge in [0.25, 0.3) is 5.69 Å². The molecule has 5 heteroatoms. The van der Waals surface area contributed by atoms with Gasteiger partial charge >= 0.3 is 0 Å². The summed E-state index contributed by atoms with van der Waals surface area (Å²) in [6, 6.07) is 5.92. The van der Waals surface area contributed by atoms with Crippen molar-refractivity contribution in [1.29, 1.82) is 0 Å². The van der Waals surface area contributed by atoms with Crippen LogP contribution in [0.1, 0.15) is 38.7 Å². The summed E-state index contributed by atoms with van der Waals surface area (Å²) in [6.45, 7) is 6.91. The number of hydrogen-bond donors (Lipinski definition) is 1. The average molecular weight is 277 g/mol. The fourth-order valence-electron chi connectivity index (χ4n) is 2.77. The van der Waals surface area contributed by atoms with Gasteiger partial charge in [0.2, 0.25) is 0 Å². The molecule has 0 bridgehead atoms. The minimum atomic E-state index is -0.297. The molecule has 1 heterocycles. The highest BCUT2D eigenvalue weighted by atomic mass is 16.6. The number of hydrogen-bond acceptors (Lipinski definition) is 4. The molecule has 1 saturated heterocycles. The van der Waals surface area contributed by atoms with E-state index < -0.39 is 0 Å². The molecule has 110 valence electrons. The summed E-state index contributed by atoms with van der Waals surface area (Å²) in [6.07, 6.45) is 3.38. The maximum absolute atomic E-state index is 11.2. The molecule has 1 fully saturated rings. The number of benzene rings is 1. The zero-order valence-corrected chi connectivity index (χ0v) is 12.3. The van der Waals surface area contributed by atoms with E-state index in [1.807, 2.05) is 6.07 Å². The Labute approximate surface area is 120 Å². The Morgan fingerprint density at radius 1 is 1.50 bits per heavy atom. The largest absolute Gasteiger partial charge is 0.379 e. The summed E-state index contributed by atoms with van der Waals surface area (Å²) in [5.74, 6) is 0. The van der Waals surface area contributed by atoms with E-state index in [0.29, 0.717) is 11.7 Å². The van der Waals surface area contributed by atoms with E-state index in [1.54, 1.807) is 12.1 Å². The Kier molecular flexibility index (Phi) is 4.95. The third-order valence-electron chi connectivity index (χ3n) is 3.94. The summed E-state index contributed by atoms with van der Waals surface area (Å²) >= 11 is 0. The summed E-state index contributed by atoms with van der Waals surface area (Å²) in [5.41, 5.74) is 1.91. The second-order valence-corrected chi connectivity index (χ2v) is 5.46. The van der Waals surface area contributed by atoms with Gasteiger partial charge in [0.15, 0.2) is 0 Å². The molecule has 0 aliphatic carbocycles. The normalized spacial score (nSPS) is 19.2. The van der Waals surface area contributed by atoms with Gasteiger partial charge in [0, 0.05) is 25.2 Å². The van der Waals surface area contributed by atoms with E-state index in [-0.39, 0.29) is 10.6 Å². The smallest absolute Gasteiger partial charge is 0.292 e. The number of para-hydroxylation sites is 1. The SMILES string of the molecule is CCCNc1c(CN2CCCC2C)cccc1[N+](=O)[O-]. The predicted molar refractivity (Wildman–Crippen MR) is 81.0 cm³/mol. The molecular formula is C15H23N3O2. The third-order valence-corrected chi connectivity index (χ3v) is 3.94. The molecule has 1 aliphatic rings. The van der Waals surface area contributed by atoms with Crippen molar-refractivity contribution in [2.45, 2.75) is 45.7 Å². The van der Waals surface area contributed by atoms with Crippen LogP contribution < -0.4 is 5.32 Å². The standard InChI is InChI=1S/C15H23N3O2/c1-3-9-16-15-13(7-4-8-14(15)18(19)20)11-17-10-5-6-12(17)2/h4,7-8,12,16H,3,5-6,9-11H2,1-2H3. The molecule has 0 aromatic heterocycles. The van der Waals surface area contributed by atoms with Crippen molar-refractivity contribution in [3.63, 3.8) is 0 Å². The van der Waals surface area contributed by atoms with Gasteiger partial charge in [-0.2, -0.15) is 0 Å². The van der Waals surface area contributed by atoms with Gasteiger partial charge in [0.05, 0.1) is 4.92 Å². The first-order valence-corrected chi connectivity index (χ1v) is 7.37. The number of nitrogens with one attached hydrogen (secondary N) is 1. The summed E-state index contributed by atoms with van der Waals surface area (Å²) in [4.78, 5) is 13.3. The van der Waals surface area contributed by atoms with Gasteiger partial charge in [-0.1, -0.05) is 19.1 Å². The Balaban J connectivity index is 2.25. The molecule has 2 rings (SSSR count). The van der Waals surface area contributed by atoms with Crippen LogP contribution in [-0.2, 0) is 6.54 Å². The second-order valence-electron chi connectivity index (χ2n) is 5.46. The number of likely N-dealkylation sites (tertiary alicyclic amines) is 1. The molecule has 0 radical (unpaired) electrons. The molecule has 5 nitrogen and oxygen atoms in total. The Morgan fingerprint density at radius 3 is 2.90 bits per heavy atom. The van der Waals surface area contributed by atoms with Crippen molar-refractivity contribution in [2.75, 3.05) is 18.4 Å². The van der Waals surface area contributed by atoms with Crippen molar-refractivity contribution >= 4 is 11.4 Å². The van der Waals surface area contributed by atoms with E-state index in [2.05, 4.69) is 24.1 Å². The lowest BCUT2D eigenvalue weighted by Crippen LogP contribution is -2.26. The van der Waals surface area contributed by atoms with Crippen LogP contribution in [0.3, 0.4) is 0 Å². The topological polar surface area (TPSA) is 58.4 Å². The van der Waals surface area contributed by atoms with E-state index >= 15 is 0 Å². The van der Waals surface area contributed by atoms with Crippen LogP contribution in [0.5, 0.6) is 0 Å². The summed E-state index contributed by atoms with van der Waals surface area (Å²) in [5, 5.41) is 14.4. The maximum Gasteiger partial charge on any atom is 0.292 e. The molecule has 20 heavy (non-hydrogen) atoms. The zero-order valence-electron chi connectivity index (χ0n) is 12.3. The molecule has 0 amide bonds. The predicted octanol–water partition coefficient (Wildman–Crippen LogP) is 3.40. The summed E-state index contributed by atoms with van der Waals surface area (Å²) in [7, 11) is 0. The fourth-order valence-corrected chi connectivity index (χ4v) is 2.77. The van der Waals surface area contributed by atoms with Gasteiger partial charge in [-0.05, 0) is 38.3 Å². The van der Waals surface area contributed by atoms with Crippen LogP contribution in [0.2, 0.25) is 0 Å². The second kappa shape index (κ2) is 6.70. The summed E-state index contributed by atoms with van der Waals surface area (Å²) < 4.78 is 0. The quantitative estimate of drug-likeness (QED) is 0.639. The van der Waals surface area contributed by atoms with Crippen LogP contribution in [0, 0.1) is 10.1 Å². The first-order chi connectivity index (χ1) is 9.63. The monoisotopic (exact) mass is 277 g/mol. The molecule has 0 spiro atoms. The Hall–Kier alpha value is -1.62. The lowest BCUT2D eigenvalue weighted by molar-refractivity contribution is -0.384. The number of nitro groups is 1. The van der Waals surface area contributed by atoms with E-state index in [1.165, 1.54) is 12.8 Å². The first-order valence-electron chi connectivity index (χ1n) is 7.37. The van der Waals surface area contributed by atoms with Gasteiger partial charge in [-0.3, -0.25) is 15.0 Å². The number of nitrogens with zero attached hydrogens (tertiary/aromatic N) is 2. The minimum absolute atomic E-state index is 0.183. The Bertz CT molecular complexity index is 476. The van der Waals surface area contributed by atoms with Crippen molar-refractivity contribution < 1.29 is 4.92 Å². The molecular weight excluding hydrogens is 254 g/mol.